The highest BCUT2D eigenvalue weighted by atomic mass is 35.5. The van der Waals surface area contributed by atoms with Crippen LogP contribution in [0.1, 0.15) is 17.3 Å². The van der Waals surface area contributed by atoms with Crippen molar-refractivity contribution in [1.29, 1.82) is 0 Å². The molecule has 0 bridgehead atoms. The van der Waals surface area contributed by atoms with Gasteiger partial charge in [-0.05, 0) is 37.3 Å². The van der Waals surface area contributed by atoms with Crippen LogP contribution in [0.25, 0.3) is 22.6 Å². The summed E-state index contributed by atoms with van der Waals surface area (Å²) in [5, 5.41) is 0.626. The largest absolute Gasteiger partial charge is 0.462 e. The van der Waals surface area contributed by atoms with E-state index in [1.807, 2.05) is 42.5 Å². The summed E-state index contributed by atoms with van der Waals surface area (Å²) < 4.78 is 11.1. The first-order chi connectivity index (χ1) is 11.2. The Balaban J connectivity index is 2.10. The van der Waals surface area contributed by atoms with Gasteiger partial charge in [0.05, 0.1) is 6.61 Å². The van der Waals surface area contributed by atoms with Crippen LogP contribution >= 0.6 is 11.6 Å². The molecule has 0 spiro atoms. The summed E-state index contributed by atoms with van der Waals surface area (Å²) in [6, 6.07) is 18.5. The minimum Gasteiger partial charge on any atom is -0.462 e. The monoisotopic (exact) mass is 326 g/mol. The predicted molar refractivity (Wildman–Crippen MR) is 90.5 cm³/mol. The maximum atomic E-state index is 12.2. The molecule has 0 N–H and O–H groups in total. The van der Waals surface area contributed by atoms with Gasteiger partial charge in [-0.3, -0.25) is 0 Å². The van der Waals surface area contributed by atoms with Crippen molar-refractivity contribution in [1.82, 2.24) is 0 Å². The Bertz CT molecular complexity index is 804. The Labute approximate surface area is 139 Å². The number of furan rings is 1. The maximum Gasteiger partial charge on any atom is 0.342 e. The van der Waals surface area contributed by atoms with Gasteiger partial charge in [0.2, 0.25) is 0 Å². The Hall–Kier alpha value is -2.52. The molecule has 0 aliphatic heterocycles. The number of carbonyl (C=O) groups is 1. The minimum atomic E-state index is -0.400. The first-order valence-corrected chi connectivity index (χ1v) is 7.69. The summed E-state index contributed by atoms with van der Waals surface area (Å²) in [6.45, 7) is 2.09. The number of halogens is 1. The van der Waals surface area contributed by atoms with E-state index in [1.165, 1.54) is 0 Å². The Morgan fingerprint density at radius 3 is 2.39 bits per heavy atom. The standard InChI is InChI=1S/C19H15ClO3/c1-2-22-19(21)16-12-17(13-6-4-3-5-7-13)23-18(16)14-8-10-15(20)11-9-14/h3-12H,2H2,1H3. The fourth-order valence-corrected chi connectivity index (χ4v) is 2.44. The summed E-state index contributed by atoms with van der Waals surface area (Å²) in [6.07, 6.45) is 0. The van der Waals surface area contributed by atoms with Gasteiger partial charge in [0, 0.05) is 16.1 Å². The van der Waals surface area contributed by atoms with E-state index in [1.54, 1.807) is 25.1 Å². The molecule has 1 heterocycles. The van der Waals surface area contributed by atoms with Crippen LogP contribution in [-0.2, 0) is 4.74 Å². The Morgan fingerprint density at radius 2 is 1.74 bits per heavy atom. The molecular weight excluding hydrogens is 312 g/mol. The van der Waals surface area contributed by atoms with Gasteiger partial charge in [-0.15, -0.1) is 0 Å². The molecule has 0 unspecified atom stereocenters. The van der Waals surface area contributed by atoms with Gasteiger partial charge >= 0.3 is 5.97 Å². The number of hydrogen-bond donors (Lipinski definition) is 0. The van der Waals surface area contributed by atoms with E-state index in [0.717, 1.165) is 11.1 Å². The molecule has 3 rings (SSSR count). The molecule has 23 heavy (non-hydrogen) atoms. The second-order valence-corrected chi connectivity index (χ2v) is 5.38. The smallest absolute Gasteiger partial charge is 0.342 e. The average Bonchev–Trinajstić information content (AvgIpc) is 3.02. The van der Waals surface area contributed by atoms with Gasteiger partial charge in [-0.1, -0.05) is 41.9 Å². The molecule has 4 heteroatoms. The van der Waals surface area contributed by atoms with E-state index in [4.69, 9.17) is 20.8 Å². The van der Waals surface area contributed by atoms with Crippen LogP contribution in [0.5, 0.6) is 0 Å². The highest BCUT2D eigenvalue weighted by molar-refractivity contribution is 6.30. The zero-order chi connectivity index (χ0) is 16.2. The summed E-state index contributed by atoms with van der Waals surface area (Å²) in [5.74, 6) is 0.709. The fourth-order valence-electron chi connectivity index (χ4n) is 2.31. The van der Waals surface area contributed by atoms with Crippen LogP contribution in [0, 0.1) is 0 Å². The van der Waals surface area contributed by atoms with E-state index in [0.29, 0.717) is 28.7 Å². The van der Waals surface area contributed by atoms with E-state index >= 15 is 0 Å². The number of rotatable bonds is 4. The molecule has 116 valence electrons. The number of hydrogen-bond acceptors (Lipinski definition) is 3. The molecule has 3 aromatic rings. The summed E-state index contributed by atoms with van der Waals surface area (Å²) in [4.78, 5) is 12.2. The van der Waals surface area contributed by atoms with Crippen molar-refractivity contribution in [2.24, 2.45) is 0 Å². The highest BCUT2D eigenvalue weighted by Gasteiger charge is 2.21. The topological polar surface area (TPSA) is 39.4 Å². The van der Waals surface area contributed by atoms with Crippen LogP contribution in [-0.4, -0.2) is 12.6 Å². The van der Waals surface area contributed by atoms with Crippen molar-refractivity contribution in [2.45, 2.75) is 6.92 Å². The quantitative estimate of drug-likeness (QED) is 0.599. The number of carbonyl (C=O) groups excluding carboxylic acids is 1. The fraction of sp³-hybridized carbons (Fsp3) is 0.105. The molecule has 2 aromatic carbocycles. The van der Waals surface area contributed by atoms with Crippen molar-refractivity contribution in [3.63, 3.8) is 0 Å². The lowest BCUT2D eigenvalue weighted by Crippen LogP contribution is -2.04. The van der Waals surface area contributed by atoms with Gasteiger partial charge in [0.1, 0.15) is 17.1 Å². The van der Waals surface area contributed by atoms with Crippen LogP contribution in [0.3, 0.4) is 0 Å². The Kier molecular flexibility index (Phi) is 4.49. The van der Waals surface area contributed by atoms with Crippen molar-refractivity contribution in [3.8, 4) is 22.6 Å². The van der Waals surface area contributed by atoms with Crippen LogP contribution in [0.4, 0.5) is 0 Å². The molecule has 0 fully saturated rings. The third-order valence-corrected chi connectivity index (χ3v) is 3.64. The number of esters is 1. The normalized spacial score (nSPS) is 10.5. The van der Waals surface area contributed by atoms with E-state index in [-0.39, 0.29) is 0 Å². The number of benzene rings is 2. The molecule has 0 amide bonds. The molecule has 0 saturated heterocycles. The molecule has 1 aromatic heterocycles. The van der Waals surface area contributed by atoms with Crippen LogP contribution in [0.15, 0.2) is 65.1 Å². The lowest BCUT2D eigenvalue weighted by molar-refractivity contribution is 0.0527. The first-order valence-electron chi connectivity index (χ1n) is 7.31. The second kappa shape index (κ2) is 6.71. The average molecular weight is 327 g/mol. The van der Waals surface area contributed by atoms with Gasteiger partial charge in [-0.2, -0.15) is 0 Å². The molecule has 0 saturated carbocycles. The van der Waals surface area contributed by atoms with Gasteiger partial charge < -0.3 is 9.15 Å². The molecule has 0 aliphatic rings. The van der Waals surface area contributed by atoms with Crippen molar-refractivity contribution < 1.29 is 13.9 Å². The van der Waals surface area contributed by atoms with E-state index < -0.39 is 5.97 Å². The zero-order valence-corrected chi connectivity index (χ0v) is 13.3. The predicted octanol–water partition coefficient (Wildman–Crippen LogP) is 5.44. The molecule has 0 radical (unpaired) electrons. The third-order valence-electron chi connectivity index (χ3n) is 3.39. The maximum absolute atomic E-state index is 12.2. The number of ether oxygens (including phenoxy) is 1. The first kappa shape index (κ1) is 15.4. The summed E-state index contributed by atoms with van der Waals surface area (Å²) in [5.41, 5.74) is 2.09. The summed E-state index contributed by atoms with van der Waals surface area (Å²) in [7, 11) is 0. The van der Waals surface area contributed by atoms with Crippen LogP contribution < -0.4 is 0 Å². The second-order valence-electron chi connectivity index (χ2n) is 4.95. The Morgan fingerprint density at radius 1 is 1.04 bits per heavy atom. The zero-order valence-electron chi connectivity index (χ0n) is 12.6. The molecule has 3 nitrogen and oxygen atoms in total. The lowest BCUT2D eigenvalue weighted by Gasteiger charge is -2.03. The van der Waals surface area contributed by atoms with Crippen molar-refractivity contribution >= 4 is 17.6 Å². The SMILES string of the molecule is CCOC(=O)c1cc(-c2ccccc2)oc1-c1ccc(Cl)cc1. The van der Waals surface area contributed by atoms with Crippen molar-refractivity contribution in [2.75, 3.05) is 6.61 Å². The lowest BCUT2D eigenvalue weighted by atomic mass is 10.1. The third kappa shape index (κ3) is 3.30. The summed E-state index contributed by atoms with van der Waals surface area (Å²) >= 11 is 5.93. The van der Waals surface area contributed by atoms with Crippen LogP contribution in [0.2, 0.25) is 5.02 Å². The van der Waals surface area contributed by atoms with Gasteiger partial charge in [0.15, 0.2) is 0 Å². The van der Waals surface area contributed by atoms with E-state index in [9.17, 15) is 4.79 Å². The van der Waals surface area contributed by atoms with Crippen molar-refractivity contribution in [3.05, 3.63) is 71.2 Å². The minimum absolute atomic E-state index is 0.310. The highest BCUT2D eigenvalue weighted by Crippen LogP contribution is 2.33. The van der Waals surface area contributed by atoms with E-state index in [2.05, 4.69) is 0 Å². The van der Waals surface area contributed by atoms with Gasteiger partial charge in [-0.25, -0.2) is 4.79 Å². The van der Waals surface area contributed by atoms with Gasteiger partial charge in [0.25, 0.3) is 0 Å². The molecular formula is C19H15ClO3. The molecule has 0 atom stereocenters. The molecule has 0 aliphatic carbocycles.